The van der Waals surface area contributed by atoms with E-state index in [2.05, 4.69) is 0 Å². The van der Waals surface area contributed by atoms with Crippen molar-refractivity contribution in [1.82, 2.24) is 0 Å². The lowest BCUT2D eigenvalue weighted by Gasteiger charge is -2.22. The van der Waals surface area contributed by atoms with Crippen LogP contribution in [-0.2, 0) is 6.42 Å². The van der Waals surface area contributed by atoms with E-state index in [1.807, 2.05) is 12.1 Å². The lowest BCUT2D eigenvalue weighted by molar-refractivity contribution is 0.570. The summed E-state index contributed by atoms with van der Waals surface area (Å²) < 4.78 is 0. The molecule has 0 bridgehead atoms. The summed E-state index contributed by atoms with van der Waals surface area (Å²) in [5, 5.41) is 1.24. The summed E-state index contributed by atoms with van der Waals surface area (Å²) in [7, 11) is 0. The average molecular weight is 216 g/mol. The van der Waals surface area contributed by atoms with Gasteiger partial charge in [0.2, 0.25) is 0 Å². The van der Waals surface area contributed by atoms with Crippen LogP contribution < -0.4 is 5.73 Å². The summed E-state index contributed by atoms with van der Waals surface area (Å²) in [5.41, 5.74) is 8.39. The molecule has 2 rings (SSSR count). The van der Waals surface area contributed by atoms with Crippen molar-refractivity contribution in [3.63, 3.8) is 0 Å². The Hall–Kier alpha value is -0.240. The van der Waals surface area contributed by atoms with Gasteiger partial charge in [0.05, 0.1) is 10.0 Å². The molecule has 0 aliphatic heterocycles. The monoisotopic (exact) mass is 215 g/mol. The minimum atomic E-state index is 0.138. The molecule has 0 fully saturated rings. The Bertz CT molecular complexity index is 336. The number of halogens is 2. The van der Waals surface area contributed by atoms with Crippen molar-refractivity contribution in [3.05, 3.63) is 33.3 Å². The Labute approximate surface area is 87.8 Å². The van der Waals surface area contributed by atoms with E-state index in [4.69, 9.17) is 28.9 Å². The van der Waals surface area contributed by atoms with Crippen LogP contribution in [0.1, 0.15) is 30.0 Å². The summed E-state index contributed by atoms with van der Waals surface area (Å²) in [4.78, 5) is 0. The number of benzene rings is 1. The van der Waals surface area contributed by atoms with Crippen LogP contribution in [0.15, 0.2) is 12.1 Å². The quantitative estimate of drug-likeness (QED) is 0.707. The van der Waals surface area contributed by atoms with E-state index in [-0.39, 0.29) is 6.04 Å². The van der Waals surface area contributed by atoms with Gasteiger partial charge in [-0.1, -0.05) is 23.2 Å². The molecule has 1 nitrogen and oxygen atoms in total. The molecule has 70 valence electrons. The van der Waals surface area contributed by atoms with Crippen molar-refractivity contribution in [3.8, 4) is 0 Å². The predicted octanol–water partition coefficient (Wildman–Crippen LogP) is 3.33. The van der Waals surface area contributed by atoms with Crippen molar-refractivity contribution < 1.29 is 0 Å². The van der Waals surface area contributed by atoms with Gasteiger partial charge in [0.1, 0.15) is 0 Å². The minimum absolute atomic E-state index is 0.138. The molecule has 1 aromatic rings. The van der Waals surface area contributed by atoms with E-state index in [0.29, 0.717) is 10.0 Å². The second kappa shape index (κ2) is 3.49. The maximum absolute atomic E-state index is 5.96. The fourth-order valence-electron chi connectivity index (χ4n) is 1.83. The van der Waals surface area contributed by atoms with Crippen LogP contribution in [0.2, 0.25) is 10.0 Å². The first kappa shape index (κ1) is 9.32. The van der Waals surface area contributed by atoms with Crippen LogP contribution in [-0.4, -0.2) is 0 Å². The van der Waals surface area contributed by atoms with E-state index in [1.165, 1.54) is 11.1 Å². The summed E-state index contributed by atoms with van der Waals surface area (Å²) in [5.74, 6) is 0. The molecule has 1 aliphatic carbocycles. The first-order valence-corrected chi connectivity index (χ1v) is 5.17. The number of hydrogen-bond donors (Lipinski definition) is 1. The highest BCUT2D eigenvalue weighted by Gasteiger charge is 2.17. The lowest BCUT2D eigenvalue weighted by atomic mass is 9.88. The number of hydrogen-bond acceptors (Lipinski definition) is 1. The zero-order chi connectivity index (χ0) is 9.42. The van der Waals surface area contributed by atoms with Gasteiger partial charge in [-0.2, -0.15) is 0 Å². The summed E-state index contributed by atoms with van der Waals surface area (Å²) in [6.07, 6.45) is 3.26. The number of nitrogens with two attached hydrogens (primary N) is 1. The first-order valence-electron chi connectivity index (χ1n) is 4.42. The third-order valence-electron chi connectivity index (χ3n) is 2.54. The zero-order valence-corrected chi connectivity index (χ0v) is 8.70. The van der Waals surface area contributed by atoms with Crippen molar-refractivity contribution >= 4 is 23.2 Å². The molecule has 13 heavy (non-hydrogen) atoms. The fourth-order valence-corrected chi connectivity index (χ4v) is 2.19. The maximum Gasteiger partial charge on any atom is 0.0595 e. The van der Waals surface area contributed by atoms with Crippen LogP contribution in [0.5, 0.6) is 0 Å². The van der Waals surface area contributed by atoms with Crippen LogP contribution >= 0.6 is 23.2 Å². The molecule has 0 spiro atoms. The molecule has 0 aromatic heterocycles. The zero-order valence-electron chi connectivity index (χ0n) is 7.19. The highest BCUT2D eigenvalue weighted by molar-refractivity contribution is 6.42. The van der Waals surface area contributed by atoms with Gasteiger partial charge in [-0.25, -0.2) is 0 Å². The minimum Gasteiger partial charge on any atom is -0.324 e. The summed E-state index contributed by atoms with van der Waals surface area (Å²) in [6.45, 7) is 0. The van der Waals surface area contributed by atoms with Crippen LogP contribution in [0.3, 0.4) is 0 Å². The number of aryl methyl sites for hydroxylation is 1. The highest BCUT2D eigenvalue weighted by atomic mass is 35.5. The highest BCUT2D eigenvalue weighted by Crippen LogP contribution is 2.34. The van der Waals surface area contributed by atoms with E-state index in [0.717, 1.165) is 19.3 Å². The molecule has 0 saturated carbocycles. The van der Waals surface area contributed by atoms with Gasteiger partial charge in [0, 0.05) is 6.04 Å². The summed E-state index contributed by atoms with van der Waals surface area (Å²) >= 11 is 11.8. The van der Waals surface area contributed by atoms with Gasteiger partial charge in [-0.05, 0) is 42.5 Å². The van der Waals surface area contributed by atoms with Crippen molar-refractivity contribution in [1.29, 1.82) is 0 Å². The molecule has 0 radical (unpaired) electrons. The van der Waals surface area contributed by atoms with Gasteiger partial charge >= 0.3 is 0 Å². The smallest absolute Gasteiger partial charge is 0.0595 e. The Morgan fingerprint density at radius 3 is 2.69 bits per heavy atom. The molecule has 0 heterocycles. The average Bonchev–Trinajstić information content (AvgIpc) is 2.09. The molecular weight excluding hydrogens is 205 g/mol. The molecular formula is C10H11Cl2N. The Kier molecular flexibility index (Phi) is 2.50. The Morgan fingerprint density at radius 1 is 1.23 bits per heavy atom. The van der Waals surface area contributed by atoms with Crippen LogP contribution in [0.4, 0.5) is 0 Å². The number of fused-ring (bicyclic) bond motifs is 1. The predicted molar refractivity (Wildman–Crippen MR) is 56.3 cm³/mol. The maximum atomic E-state index is 5.96. The normalized spacial score (nSPS) is 21.3. The third kappa shape index (κ3) is 1.69. The van der Waals surface area contributed by atoms with Gasteiger partial charge < -0.3 is 5.73 Å². The van der Waals surface area contributed by atoms with E-state index < -0.39 is 0 Å². The van der Waals surface area contributed by atoms with E-state index >= 15 is 0 Å². The second-order valence-electron chi connectivity index (χ2n) is 3.46. The topological polar surface area (TPSA) is 26.0 Å². The van der Waals surface area contributed by atoms with Crippen LogP contribution in [0, 0.1) is 0 Å². The Balaban J connectivity index is 2.52. The molecule has 0 amide bonds. The fraction of sp³-hybridized carbons (Fsp3) is 0.400. The largest absolute Gasteiger partial charge is 0.324 e. The molecule has 2 N–H and O–H groups in total. The van der Waals surface area contributed by atoms with Crippen molar-refractivity contribution in [2.75, 3.05) is 0 Å². The van der Waals surface area contributed by atoms with Gasteiger partial charge in [-0.3, -0.25) is 0 Å². The number of rotatable bonds is 0. The first-order chi connectivity index (χ1) is 6.18. The van der Waals surface area contributed by atoms with Crippen LogP contribution in [0.25, 0.3) is 0 Å². The SMILES string of the molecule is N[C@@H]1CCCc2cc(Cl)c(Cl)cc21. The molecule has 0 saturated heterocycles. The van der Waals surface area contributed by atoms with Crippen molar-refractivity contribution in [2.24, 2.45) is 5.73 Å². The second-order valence-corrected chi connectivity index (χ2v) is 4.28. The van der Waals surface area contributed by atoms with E-state index in [9.17, 15) is 0 Å². The third-order valence-corrected chi connectivity index (χ3v) is 3.26. The van der Waals surface area contributed by atoms with Crippen molar-refractivity contribution in [2.45, 2.75) is 25.3 Å². The van der Waals surface area contributed by atoms with Gasteiger partial charge in [0.25, 0.3) is 0 Å². The standard InChI is InChI=1S/C10H11Cl2N/c11-8-4-6-2-1-3-10(13)7(6)5-9(8)12/h4-5,10H,1-3,13H2/t10-/m1/s1. The molecule has 1 aliphatic rings. The van der Waals surface area contributed by atoms with Gasteiger partial charge in [-0.15, -0.1) is 0 Å². The Morgan fingerprint density at radius 2 is 1.92 bits per heavy atom. The van der Waals surface area contributed by atoms with E-state index in [1.54, 1.807) is 0 Å². The lowest BCUT2D eigenvalue weighted by Crippen LogP contribution is -2.17. The molecule has 1 aromatic carbocycles. The molecule has 0 unspecified atom stereocenters. The molecule has 1 atom stereocenters. The summed E-state index contributed by atoms with van der Waals surface area (Å²) in [6, 6.07) is 3.99. The molecule has 3 heteroatoms. The van der Waals surface area contributed by atoms with Gasteiger partial charge in [0.15, 0.2) is 0 Å².